The van der Waals surface area contributed by atoms with Crippen LogP contribution in [0.4, 0.5) is 5.82 Å². The second kappa shape index (κ2) is 6.79. The number of piperidine rings is 1. The van der Waals surface area contributed by atoms with Crippen molar-refractivity contribution in [2.75, 3.05) is 18.0 Å². The number of nitrogens with zero attached hydrogens (tertiary/aromatic N) is 5. The summed E-state index contributed by atoms with van der Waals surface area (Å²) in [6, 6.07) is 12.4. The van der Waals surface area contributed by atoms with E-state index in [2.05, 4.69) is 29.7 Å². The van der Waals surface area contributed by atoms with E-state index in [1.54, 1.807) is 12.5 Å². The Morgan fingerprint density at radius 2 is 1.90 bits per heavy atom. The van der Waals surface area contributed by atoms with E-state index in [4.69, 9.17) is 0 Å². The summed E-state index contributed by atoms with van der Waals surface area (Å²) in [4.78, 5) is 34.6. The molecule has 7 heteroatoms. The van der Waals surface area contributed by atoms with Gasteiger partial charge in [-0.05, 0) is 36.8 Å². The van der Waals surface area contributed by atoms with E-state index < -0.39 is 0 Å². The van der Waals surface area contributed by atoms with Gasteiger partial charge in [-0.15, -0.1) is 0 Å². The van der Waals surface area contributed by atoms with Gasteiger partial charge in [-0.3, -0.25) is 9.78 Å². The van der Waals surface area contributed by atoms with E-state index in [0.717, 1.165) is 60.0 Å². The van der Waals surface area contributed by atoms with Gasteiger partial charge in [0.25, 0.3) is 5.91 Å². The van der Waals surface area contributed by atoms with Gasteiger partial charge in [0.05, 0.1) is 17.5 Å². The molecule has 30 heavy (non-hydrogen) atoms. The molecule has 0 unspecified atom stereocenters. The third kappa shape index (κ3) is 2.58. The number of likely N-dealkylation sites (tertiary alicyclic amines) is 1. The third-order valence-electron chi connectivity index (χ3n) is 6.55. The summed E-state index contributed by atoms with van der Waals surface area (Å²) in [5, 5.41) is 3.01. The number of pyridine rings is 1. The van der Waals surface area contributed by atoms with Gasteiger partial charge in [0.15, 0.2) is 0 Å². The van der Waals surface area contributed by atoms with Crippen LogP contribution in [0.2, 0.25) is 0 Å². The van der Waals surface area contributed by atoms with Crippen molar-refractivity contribution in [2.45, 2.75) is 31.3 Å². The van der Waals surface area contributed by atoms with E-state index in [0.29, 0.717) is 5.69 Å². The Kier molecular flexibility index (Phi) is 3.94. The van der Waals surface area contributed by atoms with Gasteiger partial charge in [0.1, 0.15) is 23.5 Å². The lowest BCUT2D eigenvalue weighted by atomic mass is 9.95. The quantitative estimate of drug-likeness (QED) is 0.560. The monoisotopic (exact) mass is 398 g/mol. The summed E-state index contributed by atoms with van der Waals surface area (Å²) in [6.45, 7) is 1.67. The number of H-pyrrole nitrogens is 1. The maximum Gasteiger partial charge on any atom is 0.273 e. The molecule has 3 aromatic heterocycles. The molecule has 0 bridgehead atoms. The number of aromatic nitrogens is 4. The lowest BCUT2D eigenvalue weighted by molar-refractivity contribution is 0.0605. The van der Waals surface area contributed by atoms with Crippen LogP contribution in [0, 0.1) is 0 Å². The van der Waals surface area contributed by atoms with Crippen molar-refractivity contribution in [1.29, 1.82) is 0 Å². The zero-order valence-corrected chi connectivity index (χ0v) is 16.5. The maximum absolute atomic E-state index is 13.6. The number of nitrogens with one attached hydrogen (secondary N) is 1. The summed E-state index contributed by atoms with van der Waals surface area (Å²) in [6.07, 6.45) is 8.24. The molecule has 2 atom stereocenters. The van der Waals surface area contributed by atoms with Crippen LogP contribution in [0.25, 0.3) is 21.8 Å². The Balaban J connectivity index is 1.35. The van der Waals surface area contributed by atoms with Crippen LogP contribution in [0.1, 0.15) is 29.8 Å². The first-order valence-corrected chi connectivity index (χ1v) is 10.5. The normalized spacial score (nSPS) is 21.3. The van der Waals surface area contributed by atoms with Crippen LogP contribution < -0.4 is 4.90 Å². The summed E-state index contributed by atoms with van der Waals surface area (Å²) in [5.41, 5.74) is 1.41. The first-order valence-electron chi connectivity index (χ1n) is 10.5. The fourth-order valence-corrected chi connectivity index (χ4v) is 5.21. The summed E-state index contributed by atoms with van der Waals surface area (Å²) in [7, 11) is 0. The lowest BCUT2D eigenvalue weighted by Crippen LogP contribution is -2.52. The Bertz CT molecular complexity index is 1250. The van der Waals surface area contributed by atoms with Crippen molar-refractivity contribution in [3.63, 3.8) is 0 Å². The number of carbonyl (C=O) groups is 1. The summed E-state index contributed by atoms with van der Waals surface area (Å²) in [5.74, 6) is 1.00. The van der Waals surface area contributed by atoms with Crippen LogP contribution in [0.5, 0.6) is 0 Å². The zero-order valence-electron chi connectivity index (χ0n) is 16.5. The lowest BCUT2D eigenvalue weighted by Gasteiger charge is -2.40. The SMILES string of the molecule is O=C(c1nccc2ccccc12)N1CCC[C@@H]2[C@H]1CCN2c1ncnc2[nH]ccc12. The number of amides is 1. The molecule has 1 amide bonds. The second-order valence-electron chi connectivity index (χ2n) is 8.08. The molecule has 1 aromatic carbocycles. The number of carbonyl (C=O) groups excluding carboxylic acids is 1. The molecule has 5 heterocycles. The molecule has 0 aliphatic carbocycles. The Labute approximate surface area is 173 Å². The van der Waals surface area contributed by atoms with Crippen molar-refractivity contribution in [3.8, 4) is 0 Å². The predicted octanol–water partition coefficient (Wildman–Crippen LogP) is 3.39. The van der Waals surface area contributed by atoms with Gasteiger partial charge in [0.2, 0.25) is 0 Å². The predicted molar refractivity (Wildman–Crippen MR) is 115 cm³/mol. The van der Waals surface area contributed by atoms with Crippen LogP contribution in [-0.2, 0) is 0 Å². The van der Waals surface area contributed by atoms with Gasteiger partial charge in [-0.25, -0.2) is 9.97 Å². The molecule has 0 radical (unpaired) electrons. The van der Waals surface area contributed by atoms with Crippen molar-refractivity contribution in [1.82, 2.24) is 24.8 Å². The first-order chi connectivity index (χ1) is 14.8. The standard InChI is InChI=1S/C23H22N6O/c30-23(20-16-5-2-1-4-15(16)7-10-24-20)29-12-3-6-18-19(29)9-13-28(18)22-17-8-11-25-21(17)26-14-27-22/h1-2,4-5,7-8,10-11,14,18-19H,3,6,9,12-13H2,(H,25,26,27)/t18-,19-/m1/s1. The number of aromatic amines is 1. The van der Waals surface area contributed by atoms with E-state index in [1.165, 1.54) is 0 Å². The Morgan fingerprint density at radius 3 is 2.87 bits per heavy atom. The maximum atomic E-state index is 13.6. The van der Waals surface area contributed by atoms with Crippen LogP contribution in [-0.4, -0.2) is 55.9 Å². The average Bonchev–Trinajstić information content (AvgIpc) is 3.45. The zero-order chi connectivity index (χ0) is 20.1. The van der Waals surface area contributed by atoms with Crippen molar-refractivity contribution in [3.05, 3.63) is 60.8 Å². The van der Waals surface area contributed by atoms with Gasteiger partial charge in [0, 0.05) is 30.9 Å². The summed E-state index contributed by atoms with van der Waals surface area (Å²) < 4.78 is 0. The minimum absolute atomic E-state index is 0.0397. The molecule has 2 aliphatic heterocycles. The molecule has 0 saturated carbocycles. The molecule has 6 rings (SSSR count). The smallest absolute Gasteiger partial charge is 0.273 e. The van der Waals surface area contributed by atoms with Gasteiger partial charge < -0.3 is 14.8 Å². The Hall–Kier alpha value is -3.48. The van der Waals surface area contributed by atoms with Crippen molar-refractivity contribution in [2.24, 2.45) is 0 Å². The van der Waals surface area contributed by atoms with E-state index >= 15 is 0 Å². The van der Waals surface area contributed by atoms with Crippen LogP contribution in [0.3, 0.4) is 0 Å². The van der Waals surface area contributed by atoms with E-state index in [1.807, 2.05) is 42.6 Å². The molecule has 4 aromatic rings. The number of rotatable bonds is 2. The highest BCUT2D eigenvalue weighted by atomic mass is 16.2. The number of fused-ring (bicyclic) bond motifs is 3. The van der Waals surface area contributed by atoms with Crippen LogP contribution in [0.15, 0.2) is 55.1 Å². The second-order valence-corrected chi connectivity index (χ2v) is 8.08. The molecule has 2 aliphatic rings. The fourth-order valence-electron chi connectivity index (χ4n) is 5.21. The molecule has 150 valence electrons. The van der Waals surface area contributed by atoms with E-state index in [9.17, 15) is 4.79 Å². The first kappa shape index (κ1) is 17.4. The molecule has 0 spiro atoms. The molecule has 2 saturated heterocycles. The largest absolute Gasteiger partial charge is 0.351 e. The molecule has 1 N–H and O–H groups in total. The van der Waals surface area contributed by atoms with Gasteiger partial charge in [-0.2, -0.15) is 0 Å². The Morgan fingerprint density at radius 1 is 0.967 bits per heavy atom. The van der Waals surface area contributed by atoms with Gasteiger partial charge >= 0.3 is 0 Å². The highest BCUT2D eigenvalue weighted by molar-refractivity contribution is 6.05. The molecule has 7 nitrogen and oxygen atoms in total. The number of hydrogen-bond donors (Lipinski definition) is 1. The van der Waals surface area contributed by atoms with Gasteiger partial charge in [-0.1, -0.05) is 24.3 Å². The number of hydrogen-bond acceptors (Lipinski definition) is 5. The molecular weight excluding hydrogens is 376 g/mol. The van der Waals surface area contributed by atoms with Crippen molar-refractivity contribution < 1.29 is 4.79 Å². The molecular formula is C23H22N6O. The summed E-state index contributed by atoms with van der Waals surface area (Å²) >= 11 is 0. The third-order valence-corrected chi connectivity index (χ3v) is 6.55. The minimum atomic E-state index is 0.0397. The van der Waals surface area contributed by atoms with Crippen molar-refractivity contribution >= 4 is 33.5 Å². The molecule has 2 fully saturated rings. The van der Waals surface area contributed by atoms with E-state index in [-0.39, 0.29) is 18.0 Å². The fraction of sp³-hybridized carbons (Fsp3) is 0.304. The number of benzene rings is 1. The highest BCUT2D eigenvalue weighted by Crippen LogP contribution is 2.36. The topological polar surface area (TPSA) is 78.0 Å². The highest BCUT2D eigenvalue weighted by Gasteiger charge is 2.43. The van der Waals surface area contributed by atoms with Crippen LogP contribution >= 0.6 is 0 Å². The minimum Gasteiger partial charge on any atom is -0.351 e. The number of anilines is 1. The average molecular weight is 398 g/mol.